The van der Waals surface area contributed by atoms with Crippen LogP contribution in [0.4, 0.5) is 5.69 Å². The van der Waals surface area contributed by atoms with Gasteiger partial charge in [-0.25, -0.2) is 0 Å². The van der Waals surface area contributed by atoms with Gasteiger partial charge in [-0.15, -0.1) is 0 Å². The summed E-state index contributed by atoms with van der Waals surface area (Å²) in [5.41, 5.74) is 1.43. The minimum atomic E-state index is 0.257. The summed E-state index contributed by atoms with van der Waals surface area (Å²) in [5.74, 6) is 0. The zero-order chi connectivity index (χ0) is 14.9. The summed E-state index contributed by atoms with van der Waals surface area (Å²) in [5, 5.41) is 4.57. The van der Waals surface area contributed by atoms with Crippen LogP contribution in [0.3, 0.4) is 0 Å². The molecular formula is C16H24ClIN2. The molecular weight excluding hydrogens is 383 g/mol. The van der Waals surface area contributed by atoms with Gasteiger partial charge < -0.3 is 10.2 Å². The molecule has 1 aromatic carbocycles. The summed E-state index contributed by atoms with van der Waals surface area (Å²) in [6, 6.07) is 7.37. The van der Waals surface area contributed by atoms with Crippen LogP contribution in [0.1, 0.15) is 34.1 Å². The van der Waals surface area contributed by atoms with Gasteiger partial charge in [0.05, 0.1) is 10.7 Å². The van der Waals surface area contributed by atoms with E-state index in [1.807, 2.05) is 0 Å². The van der Waals surface area contributed by atoms with Gasteiger partial charge in [0.25, 0.3) is 0 Å². The van der Waals surface area contributed by atoms with Gasteiger partial charge in [-0.2, -0.15) is 0 Å². The number of nitrogens with one attached hydrogen (secondary N) is 1. The fraction of sp³-hybridized carbons (Fsp3) is 0.625. The average molecular weight is 407 g/mol. The first-order chi connectivity index (χ1) is 9.32. The van der Waals surface area contributed by atoms with Crippen molar-refractivity contribution >= 4 is 39.9 Å². The van der Waals surface area contributed by atoms with Crippen LogP contribution in [-0.4, -0.2) is 25.2 Å². The molecule has 0 aromatic heterocycles. The third kappa shape index (κ3) is 3.60. The second-order valence-electron chi connectivity index (χ2n) is 6.64. The highest BCUT2D eigenvalue weighted by molar-refractivity contribution is 14.1. The fourth-order valence-corrected chi connectivity index (χ4v) is 3.72. The zero-order valence-corrected chi connectivity index (χ0v) is 15.6. The Morgan fingerprint density at radius 2 is 2.10 bits per heavy atom. The number of benzene rings is 1. The Morgan fingerprint density at radius 3 is 2.65 bits per heavy atom. The van der Waals surface area contributed by atoms with Gasteiger partial charge in [0.2, 0.25) is 0 Å². The predicted molar refractivity (Wildman–Crippen MR) is 96.8 cm³/mol. The molecule has 2 atom stereocenters. The van der Waals surface area contributed by atoms with Gasteiger partial charge in [0.15, 0.2) is 0 Å². The second kappa shape index (κ2) is 6.41. The summed E-state index contributed by atoms with van der Waals surface area (Å²) < 4.78 is 1.19. The SMILES string of the molecule is CCC1CNC(C(C)(C)C)CN1c1ccc(I)cc1Cl. The summed E-state index contributed by atoms with van der Waals surface area (Å²) in [4.78, 5) is 2.49. The highest BCUT2D eigenvalue weighted by Crippen LogP contribution is 2.33. The van der Waals surface area contributed by atoms with Gasteiger partial charge in [0.1, 0.15) is 0 Å². The molecule has 0 radical (unpaired) electrons. The molecule has 0 aliphatic carbocycles. The largest absolute Gasteiger partial charge is 0.364 e. The molecule has 112 valence electrons. The van der Waals surface area contributed by atoms with E-state index in [0.29, 0.717) is 12.1 Å². The van der Waals surface area contributed by atoms with Crippen molar-refractivity contribution in [1.29, 1.82) is 0 Å². The van der Waals surface area contributed by atoms with Crippen LogP contribution in [0.5, 0.6) is 0 Å². The second-order valence-corrected chi connectivity index (χ2v) is 8.29. The van der Waals surface area contributed by atoms with Crippen LogP contribution in [-0.2, 0) is 0 Å². The maximum absolute atomic E-state index is 6.48. The number of hydrogen-bond donors (Lipinski definition) is 1. The molecule has 4 heteroatoms. The molecule has 0 bridgehead atoms. The quantitative estimate of drug-likeness (QED) is 0.725. The number of hydrogen-bond acceptors (Lipinski definition) is 2. The minimum absolute atomic E-state index is 0.257. The molecule has 2 nitrogen and oxygen atoms in total. The standard InChI is InChI=1S/C16H24ClIN2/c1-5-12-9-19-15(16(2,3)4)10-20(12)14-7-6-11(18)8-13(14)17/h6-8,12,15,19H,5,9-10H2,1-4H3. The van der Waals surface area contributed by atoms with Crippen molar-refractivity contribution in [3.63, 3.8) is 0 Å². The molecule has 0 spiro atoms. The first-order valence-corrected chi connectivity index (χ1v) is 8.73. The molecule has 1 aliphatic rings. The van der Waals surface area contributed by atoms with E-state index < -0.39 is 0 Å². The van der Waals surface area contributed by atoms with E-state index in [9.17, 15) is 0 Å². The molecule has 2 rings (SSSR count). The van der Waals surface area contributed by atoms with Crippen LogP contribution in [0, 0.1) is 8.99 Å². The van der Waals surface area contributed by atoms with Crippen molar-refractivity contribution in [2.45, 2.75) is 46.2 Å². The maximum atomic E-state index is 6.48. The predicted octanol–water partition coefficient (Wildman–Crippen LogP) is 4.55. The Hall–Kier alpha value is -0.0000000000000000555. The fourth-order valence-electron chi connectivity index (χ4n) is 2.75. The van der Waals surface area contributed by atoms with E-state index in [4.69, 9.17) is 11.6 Å². The van der Waals surface area contributed by atoms with Crippen molar-refractivity contribution in [2.75, 3.05) is 18.0 Å². The van der Waals surface area contributed by atoms with Crippen molar-refractivity contribution in [3.8, 4) is 0 Å². The van der Waals surface area contributed by atoms with E-state index in [1.165, 1.54) is 9.26 Å². The third-order valence-electron chi connectivity index (χ3n) is 4.16. The van der Waals surface area contributed by atoms with E-state index in [0.717, 1.165) is 24.5 Å². The highest BCUT2D eigenvalue weighted by atomic mass is 127. The van der Waals surface area contributed by atoms with Crippen molar-refractivity contribution < 1.29 is 0 Å². The first-order valence-electron chi connectivity index (χ1n) is 7.28. The lowest BCUT2D eigenvalue weighted by Crippen LogP contribution is -2.60. The van der Waals surface area contributed by atoms with Crippen LogP contribution < -0.4 is 10.2 Å². The third-order valence-corrected chi connectivity index (χ3v) is 5.13. The van der Waals surface area contributed by atoms with Crippen molar-refractivity contribution in [3.05, 3.63) is 26.8 Å². The molecule has 1 N–H and O–H groups in total. The first kappa shape index (κ1) is 16.4. The Morgan fingerprint density at radius 1 is 1.40 bits per heavy atom. The van der Waals surface area contributed by atoms with E-state index in [1.54, 1.807) is 0 Å². The Labute approximate surface area is 141 Å². The van der Waals surface area contributed by atoms with Gasteiger partial charge in [0, 0.05) is 28.7 Å². The topological polar surface area (TPSA) is 15.3 Å². The maximum Gasteiger partial charge on any atom is 0.0650 e. The molecule has 1 heterocycles. The summed E-state index contributed by atoms with van der Waals surface area (Å²) in [6.45, 7) is 11.2. The van der Waals surface area contributed by atoms with Gasteiger partial charge in [-0.3, -0.25) is 0 Å². The van der Waals surface area contributed by atoms with Crippen LogP contribution in [0.15, 0.2) is 18.2 Å². The van der Waals surface area contributed by atoms with Crippen LogP contribution in [0.25, 0.3) is 0 Å². The molecule has 1 fully saturated rings. The summed E-state index contributed by atoms with van der Waals surface area (Å²) in [6.07, 6.45) is 1.13. The molecule has 1 aliphatic heterocycles. The molecule has 0 amide bonds. The molecule has 2 unspecified atom stereocenters. The summed E-state index contributed by atoms with van der Waals surface area (Å²) in [7, 11) is 0. The van der Waals surface area contributed by atoms with E-state index in [2.05, 4.69) is 78.7 Å². The zero-order valence-electron chi connectivity index (χ0n) is 12.7. The number of nitrogens with zero attached hydrogens (tertiary/aromatic N) is 1. The molecule has 1 saturated heterocycles. The van der Waals surface area contributed by atoms with Gasteiger partial charge in [-0.05, 0) is 52.6 Å². The van der Waals surface area contributed by atoms with Gasteiger partial charge >= 0.3 is 0 Å². The minimum Gasteiger partial charge on any atom is -0.364 e. The Kier molecular flexibility index (Phi) is 5.24. The van der Waals surface area contributed by atoms with Crippen LogP contribution >= 0.6 is 34.2 Å². The molecule has 20 heavy (non-hydrogen) atoms. The van der Waals surface area contributed by atoms with Gasteiger partial charge in [-0.1, -0.05) is 39.3 Å². The lowest BCUT2D eigenvalue weighted by Gasteiger charge is -2.46. The Bertz CT molecular complexity index is 470. The van der Waals surface area contributed by atoms with E-state index >= 15 is 0 Å². The van der Waals surface area contributed by atoms with Crippen molar-refractivity contribution in [1.82, 2.24) is 5.32 Å². The highest BCUT2D eigenvalue weighted by Gasteiger charge is 2.34. The number of rotatable bonds is 2. The van der Waals surface area contributed by atoms with Crippen molar-refractivity contribution in [2.24, 2.45) is 5.41 Å². The normalized spacial score (nSPS) is 24.0. The number of halogens is 2. The Balaban J connectivity index is 2.29. The lowest BCUT2D eigenvalue weighted by molar-refractivity contribution is 0.234. The monoisotopic (exact) mass is 406 g/mol. The summed E-state index contributed by atoms with van der Waals surface area (Å²) >= 11 is 8.79. The lowest BCUT2D eigenvalue weighted by atomic mass is 9.84. The van der Waals surface area contributed by atoms with E-state index in [-0.39, 0.29) is 5.41 Å². The molecule has 0 saturated carbocycles. The smallest absolute Gasteiger partial charge is 0.0650 e. The van der Waals surface area contributed by atoms with Crippen LogP contribution in [0.2, 0.25) is 5.02 Å². The number of piperazine rings is 1. The molecule has 1 aromatic rings. The average Bonchev–Trinajstić information content (AvgIpc) is 2.37. The number of anilines is 1.